The van der Waals surface area contributed by atoms with Gasteiger partial charge in [0, 0.05) is 10.6 Å². The van der Waals surface area contributed by atoms with Crippen LogP contribution in [0.4, 0.5) is 0 Å². The van der Waals surface area contributed by atoms with E-state index < -0.39 is 0 Å². The lowest BCUT2D eigenvalue weighted by atomic mass is 10.1. The Morgan fingerprint density at radius 2 is 2.27 bits per heavy atom. The lowest BCUT2D eigenvalue weighted by Gasteiger charge is -2.09. The molecule has 0 amide bonds. The normalized spacial score (nSPS) is 11.6. The minimum atomic E-state index is 0.653. The van der Waals surface area contributed by atoms with Gasteiger partial charge in [0.2, 0.25) is 0 Å². The summed E-state index contributed by atoms with van der Waals surface area (Å²) in [5.74, 6) is 0.838. The number of hydrogen-bond donors (Lipinski definition) is 1. The zero-order chi connectivity index (χ0) is 11.3. The van der Waals surface area contributed by atoms with Crippen molar-refractivity contribution in [3.63, 3.8) is 0 Å². The van der Waals surface area contributed by atoms with Crippen LogP contribution >= 0.6 is 11.6 Å². The zero-order valence-corrected chi connectivity index (χ0v) is 9.84. The molecule has 0 bridgehead atoms. The van der Waals surface area contributed by atoms with Crippen LogP contribution < -0.4 is 10.5 Å². The third kappa shape index (κ3) is 3.26. The third-order valence-corrected chi connectivity index (χ3v) is 2.44. The number of benzene rings is 1. The Morgan fingerprint density at radius 1 is 1.53 bits per heavy atom. The maximum Gasteiger partial charge on any atom is 0.126 e. The molecule has 0 aromatic heterocycles. The van der Waals surface area contributed by atoms with Crippen molar-refractivity contribution in [1.29, 1.82) is 0 Å². The Hall–Kier alpha value is -0.990. The van der Waals surface area contributed by atoms with Gasteiger partial charge in [0.15, 0.2) is 0 Å². The van der Waals surface area contributed by atoms with E-state index in [-0.39, 0.29) is 0 Å². The van der Waals surface area contributed by atoms with Gasteiger partial charge in [-0.15, -0.1) is 0 Å². The maximum atomic E-state index is 5.94. The standard InChI is InChI=1S/C12H16ClNO/c1-9(4-3-7-14)11-8-10(13)5-6-12(11)15-2/h4-6,8H,3,7,14H2,1-2H3. The summed E-state index contributed by atoms with van der Waals surface area (Å²) < 4.78 is 5.27. The van der Waals surface area contributed by atoms with Crippen molar-refractivity contribution in [2.24, 2.45) is 5.73 Å². The Kier molecular flexibility index (Phi) is 4.66. The first-order valence-corrected chi connectivity index (χ1v) is 5.27. The molecule has 0 unspecified atom stereocenters. The van der Waals surface area contributed by atoms with Gasteiger partial charge in [0.1, 0.15) is 5.75 Å². The summed E-state index contributed by atoms with van der Waals surface area (Å²) in [6.07, 6.45) is 2.95. The molecular weight excluding hydrogens is 210 g/mol. The van der Waals surface area contributed by atoms with Crippen LogP contribution in [0.5, 0.6) is 5.75 Å². The Labute approximate surface area is 95.7 Å². The summed E-state index contributed by atoms with van der Waals surface area (Å²) in [7, 11) is 1.66. The summed E-state index contributed by atoms with van der Waals surface area (Å²) in [5, 5.41) is 0.714. The van der Waals surface area contributed by atoms with Crippen molar-refractivity contribution >= 4 is 17.2 Å². The average molecular weight is 226 g/mol. The minimum absolute atomic E-state index is 0.653. The zero-order valence-electron chi connectivity index (χ0n) is 9.09. The number of ether oxygens (including phenoxy) is 1. The lowest BCUT2D eigenvalue weighted by Crippen LogP contribution is -1.96. The van der Waals surface area contributed by atoms with Crippen LogP contribution in [0.2, 0.25) is 5.02 Å². The van der Waals surface area contributed by atoms with E-state index in [0.29, 0.717) is 11.6 Å². The number of halogens is 1. The third-order valence-electron chi connectivity index (χ3n) is 2.20. The quantitative estimate of drug-likeness (QED) is 0.855. The van der Waals surface area contributed by atoms with Crippen molar-refractivity contribution in [2.75, 3.05) is 13.7 Å². The average Bonchev–Trinajstić information content (AvgIpc) is 2.25. The molecule has 1 aromatic carbocycles. The topological polar surface area (TPSA) is 35.2 Å². The number of hydrogen-bond acceptors (Lipinski definition) is 2. The summed E-state index contributed by atoms with van der Waals surface area (Å²) in [6.45, 7) is 2.68. The first-order valence-electron chi connectivity index (χ1n) is 4.89. The highest BCUT2D eigenvalue weighted by Gasteiger charge is 2.04. The van der Waals surface area contributed by atoms with Gasteiger partial charge in [-0.1, -0.05) is 17.7 Å². The van der Waals surface area contributed by atoms with Gasteiger partial charge in [-0.05, 0) is 43.7 Å². The van der Waals surface area contributed by atoms with Gasteiger partial charge >= 0.3 is 0 Å². The highest BCUT2D eigenvalue weighted by atomic mass is 35.5. The summed E-state index contributed by atoms with van der Waals surface area (Å²) >= 11 is 5.94. The Morgan fingerprint density at radius 3 is 2.87 bits per heavy atom. The second-order valence-corrected chi connectivity index (χ2v) is 3.75. The number of nitrogens with two attached hydrogens (primary N) is 1. The fourth-order valence-electron chi connectivity index (χ4n) is 1.40. The van der Waals surface area contributed by atoms with Crippen LogP contribution in [0.15, 0.2) is 24.3 Å². The van der Waals surface area contributed by atoms with E-state index >= 15 is 0 Å². The summed E-state index contributed by atoms with van der Waals surface area (Å²) in [5.41, 5.74) is 7.62. The van der Waals surface area contributed by atoms with Crippen LogP contribution in [0.3, 0.4) is 0 Å². The second-order valence-electron chi connectivity index (χ2n) is 3.31. The van der Waals surface area contributed by atoms with E-state index in [4.69, 9.17) is 22.1 Å². The van der Waals surface area contributed by atoms with E-state index in [1.54, 1.807) is 7.11 Å². The Bertz CT molecular complexity index is 361. The number of methoxy groups -OCH3 is 1. The molecule has 1 rings (SSSR count). The second kappa shape index (κ2) is 5.79. The van der Waals surface area contributed by atoms with Crippen molar-refractivity contribution in [1.82, 2.24) is 0 Å². The van der Waals surface area contributed by atoms with E-state index in [2.05, 4.69) is 6.08 Å². The van der Waals surface area contributed by atoms with Gasteiger partial charge in [-0.25, -0.2) is 0 Å². The molecule has 0 saturated heterocycles. The predicted octanol–water partition coefficient (Wildman–Crippen LogP) is 3.10. The first-order chi connectivity index (χ1) is 7.19. The van der Waals surface area contributed by atoms with Gasteiger partial charge in [0.25, 0.3) is 0 Å². The predicted molar refractivity (Wildman–Crippen MR) is 65.3 cm³/mol. The molecule has 0 radical (unpaired) electrons. The Balaban J connectivity index is 3.05. The molecule has 15 heavy (non-hydrogen) atoms. The smallest absolute Gasteiger partial charge is 0.126 e. The van der Waals surface area contributed by atoms with Crippen LogP contribution in [0, 0.1) is 0 Å². The van der Waals surface area contributed by atoms with Crippen molar-refractivity contribution in [3.8, 4) is 5.75 Å². The fourth-order valence-corrected chi connectivity index (χ4v) is 1.57. The molecule has 0 aliphatic carbocycles. The lowest BCUT2D eigenvalue weighted by molar-refractivity contribution is 0.413. The van der Waals surface area contributed by atoms with Gasteiger partial charge in [-0.3, -0.25) is 0 Å². The highest BCUT2D eigenvalue weighted by molar-refractivity contribution is 6.30. The molecule has 0 saturated carbocycles. The van der Waals surface area contributed by atoms with Crippen molar-refractivity contribution in [3.05, 3.63) is 34.9 Å². The molecule has 0 fully saturated rings. The minimum Gasteiger partial charge on any atom is -0.496 e. The largest absolute Gasteiger partial charge is 0.496 e. The molecule has 3 heteroatoms. The molecule has 0 aliphatic heterocycles. The van der Waals surface area contributed by atoms with Crippen molar-refractivity contribution < 1.29 is 4.74 Å². The molecule has 82 valence electrons. The number of allylic oxidation sites excluding steroid dienone is 1. The van der Waals surface area contributed by atoms with Crippen LogP contribution in [-0.4, -0.2) is 13.7 Å². The molecule has 2 nitrogen and oxygen atoms in total. The summed E-state index contributed by atoms with van der Waals surface area (Å²) in [4.78, 5) is 0. The van der Waals surface area contributed by atoms with E-state index in [1.807, 2.05) is 25.1 Å². The molecule has 0 aliphatic rings. The molecular formula is C12H16ClNO. The van der Waals surface area contributed by atoms with Gasteiger partial charge in [0.05, 0.1) is 7.11 Å². The van der Waals surface area contributed by atoms with Crippen LogP contribution in [0.1, 0.15) is 18.9 Å². The maximum absolute atomic E-state index is 5.94. The van der Waals surface area contributed by atoms with Gasteiger partial charge in [-0.2, -0.15) is 0 Å². The van der Waals surface area contributed by atoms with E-state index in [1.165, 1.54) is 0 Å². The van der Waals surface area contributed by atoms with Crippen LogP contribution in [0.25, 0.3) is 5.57 Å². The van der Waals surface area contributed by atoms with Crippen LogP contribution in [-0.2, 0) is 0 Å². The first kappa shape index (κ1) is 12.1. The van der Waals surface area contributed by atoms with E-state index in [0.717, 1.165) is 23.3 Å². The van der Waals surface area contributed by atoms with Crippen molar-refractivity contribution in [2.45, 2.75) is 13.3 Å². The molecule has 1 aromatic rings. The number of rotatable bonds is 4. The molecule has 0 atom stereocenters. The van der Waals surface area contributed by atoms with Gasteiger partial charge < -0.3 is 10.5 Å². The monoisotopic (exact) mass is 225 g/mol. The fraction of sp³-hybridized carbons (Fsp3) is 0.333. The molecule has 0 spiro atoms. The SMILES string of the molecule is COc1ccc(Cl)cc1C(C)=CCCN. The van der Waals surface area contributed by atoms with E-state index in [9.17, 15) is 0 Å². The molecule has 2 N–H and O–H groups in total. The molecule has 0 heterocycles. The highest BCUT2D eigenvalue weighted by Crippen LogP contribution is 2.28. The summed E-state index contributed by atoms with van der Waals surface area (Å²) in [6, 6.07) is 5.60.